The molecule has 3 amide bonds. The Balaban J connectivity index is 1.32. The molecule has 3 aliphatic rings. The molecule has 1 aromatic heterocycles. The van der Waals surface area contributed by atoms with Gasteiger partial charge in [0, 0.05) is 45.2 Å². The van der Waals surface area contributed by atoms with Gasteiger partial charge in [-0.15, -0.1) is 0 Å². The quantitative estimate of drug-likeness (QED) is 0.636. The average molecular weight is 449 g/mol. The molecule has 1 unspecified atom stereocenters. The van der Waals surface area contributed by atoms with Crippen LogP contribution in [-0.4, -0.2) is 76.6 Å². The summed E-state index contributed by atoms with van der Waals surface area (Å²) in [7, 11) is 1.63. The molecule has 0 radical (unpaired) electrons. The molecule has 7 nitrogen and oxygen atoms in total. The molecule has 2 aliphatic heterocycles. The third-order valence-electron chi connectivity index (χ3n) is 7.67. The van der Waals surface area contributed by atoms with Gasteiger partial charge in [0.25, 0.3) is 5.91 Å². The van der Waals surface area contributed by atoms with E-state index in [-0.39, 0.29) is 18.5 Å². The lowest BCUT2D eigenvalue weighted by molar-refractivity contribution is -0.136. The number of hydrogen-bond donors (Lipinski definition) is 0. The number of aromatic nitrogens is 1. The second-order valence-electron chi connectivity index (χ2n) is 9.41. The minimum absolute atomic E-state index is 0.0684. The molecule has 2 fully saturated rings. The Kier molecular flexibility index (Phi) is 6.17. The average Bonchev–Trinajstić information content (AvgIpc) is 3.04. The number of rotatable bonds is 6. The number of fused-ring (bicyclic) bond motifs is 1. The van der Waals surface area contributed by atoms with Crippen molar-refractivity contribution in [1.82, 2.24) is 19.7 Å². The van der Waals surface area contributed by atoms with Crippen molar-refractivity contribution < 1.29 is 14.3 Å². The topological polar surface area (TPSA) is 66.0 Å². The van der Waals surface area contributed by atoms with Crippen LogP contribution >= 0.6 is 0 Å². The van der Waals surface area contributed by atoms with E-state index in [2.05, 4.69) is 34.1 Å². The van der Waals surface area contributed by atoms with Gasteiger partial charge in [-0.1, -0.05) is 30.3 Å². The normalized spacial score (nSPS) is 22.8. The standard InChI is InChI=1S/C26H32N4O3/c1-33-16-15-30-25(32)29(19-20-5-4-12-27-18-20)24(31)26(30)10-13-28(14-11-26)23-9-8-21-6-2-3-7-22(21)17-23/h2-7,12,18,23H,8-11,13-17,19H2,1H3. The van der Waals surface area contributed by atoms with Crippen LogP contribution in [0.2, 0.25) is 0 Å². The molecule has 1 aromatic carbocycles. The Hall–Kier alpha value is -2.77. The molecule has 3 heterocycles. The Bertz CT molecular complexity index is 1000. The number of hydrogen-bond acceptors (Lipinski definition) is 5. The lowest BCUT2D eigenvalue weighted by Gasteiger charge is -2.45. The van der Waals surface area contributed by atoms with Gasteiger partial charge in [-0.05, 0) is 54.9 Å². The van der Waals surface area contributed by atoms with Gasteiger partial charge in [-0.3, -0.25) is 19.6 Å². The third kappa shape index (κ3) is 4.04. The van der Waals surface area contributed by atoms with Gasteiger partial charge in [0.1, 0.15) is 5.54 Å². The Labute approximate surface area is 195 Å². The van der Waals surface area contributed by atoms with E-state index in [0.29, 0.717) is 32.0 Å². The number of methoxy groups -OCH3 is 1. The van der Waals surface area contributed by atoms with E-state index < -0.39 is 5.54 Å². The highest BCUT2D eigenvalue weighted by molar-refractivity contribution is 6.07. The summed E-state index contributed by atoms with van der Waals surface area (Å²) in [6.07, 6.45) is 8.08. The number of imide groups is 1. The number of urea groups is 1. The SMILES string of the molecule is COCCN1C(=O)N(Cc2cccnc2)C(=O)C12CCN(C1CCc3ccccc3C1)CC2. The number of carbonyl (C=O) groups excluding carboxylic acids is 2. The Morgan fingerprint density at radius 1 is 1.09 bits per heavy atom. The summed E-state index contributed by atoms with van der Waals surface area (Å²) >= 11 is 0. The maximum absolute atomic E-state index is 13.7. The molecule has 174 valence electrons. The van der Waals surface area contributed by atoms with Gasteiger partial charge in [0.05, 0.1) is 13.2 Å². The molecule has 0 N–H and O–H groups in total. The first-order chi connectivity index (χ1) is 16.1. The molecule has 2 aromatic rings. The van der Waals surface area contributed by atoms with Crippen LogP contribution in [0.5, 0.6) is 0 Å². The maximum atomic E-state index is 13.7. The number of pyridine rings is 1. The molecule has 0 bridgehead atoms. The highest BCUT2D eigenvalue weighted by Gasteiger charge is 2.58. The lowest BCUT2D eigenvalue weighted by Crippen LogP contribution is -2.58. The molecule has 5 rings (SSSR count). The Morgan fingerprint density at radius 3 is 2.61 bits per heavy atom. The largest absolute Gasteiger partial charge is 0.383 e. The highest BCUT2D eigenvalue weighted by atomic mass is 16.5. The zero-order chi connectivity index (χ0) is 22.8. The second kappa shape index (κ2) is 9.23. The predicted molar refractivity (Wildman–Crippen MR) is 125 cm³/mol. The van der Waals surface area contributed by atoms with Gasteiger partial charge >= 0.3 is 6.03 Å². The van der Waals surface area contributed by atoms with E-state index in [9.17, 15) is 9.59 Å². The van der Waals surface area contributed by atoms with Crippen LogP contribution in [0.3, 0.4) is 0 Å². The maximum Gasteiger partial charge on any atom is 0.328 e. The van der Waals surface area contributed by atoms with E-state index in [1.165, 1.54) is 16.0 Å². The van der Waals surface area contributed by atoms with Crippen LogP contribution in [0.25, 0.3) is 0 Å². The van der Waals surface area contributed by atoms with E-state index in [0.717, 1.165) is 37.9 Å². The number of aryl methyl sites for hydroxylation is 1. The number of likely N-dealkylation sites (tertiary alicyclic amines) is 1. The smallest absolute Gasteiger partial charge is 0.328 e. The molecule has 1 atom stereocenters. The van der Waals surface area contributed by atoms with Crippen molar-refractivity contribution in [3.63, 3.8) is 0 Å². The Morgan fingerprint density at radius 2 is 1.88 bits per heavy atom. The van der Waals surface area contributed by atoms with E-state index in [4.69, 9.17) is 4.74 Å². The van der Waals surface area contributed by atoms with Crippen molar-refractivity contribution in [1.29, 1.82) is 0 Å². The fourth-order valence-electron chi connectivity index (χ4n) is 5.82. The van der Waals surface area contributed by atoms with E-state index in [1.54, 1.807) is 24.4 Å². The number of amides is 3. The summed E-state index contributed by atoms with van der Waals surface area (Å²) in [6.45, 7) is 2.78. The molecule has 7 heteroatoms. The number of ether oxygens (including phenoxy) is 1. The van der Waals surface area contributed by atoms with Crippen LogP contribution in [0.15, 0.2) is 48.8 Å². The monoisotopic (exact) mass is 448 g/mol. The minimum atomic E-state index is -0.763. The summed E-state index contributed by atoms with van der Waals surface area (Å²) in [5.41, 5.74) is 3.02. The number of nitrogens with zero attached hydrogens (tertiary/aromatic N) is 4. The van der Waals surface area contributed by atoms with Crippen molar-refractivity contribution in [3.05, 3.63) is 65.5 Å². The zero-order valence-corrected chi connectivity index (χ0v) is 19.3. The first-order valence-corrected chi connectivity index (χ1v) is 11.9. The number of carbonyl (C=O) groups is 2. The minimum Gasteiger partial charge on any atom is -0.383 e. The highest BCUT2D eigenvalue weighted by Crippen LogP contribution is 2.39. The zero-order valence-electron chi connectivity index (χ0n) is 19.3. The van der Waals surface area contributed by atoms with Crippen molar-refractivity contribution >= 4 is 11.9 Å². The van der Waals surface area contributed by atoms with Gasteiger partial charge in [-0.2, -0.15) is 0 Å². The van der Waals surface area contributed by atoms with Crippen LogP contribution in [0.4, 0.5) is 4.79 Å². The van der Waals surface area contributed by atoms with Crippen molar-refractivity contribution in [3.8, 4) is 0 Å². The van der Waals surface area contributed by atoms with Gasteiger partial charge in [-0.25, -0.2) is 4.79 Å². The molecule has 33 heavy (non-hydrogen) atoms. The van der Waals surface area contributed by atoms with Crippen molar-refractivity contribution in [2.45, 2.75) is 50.2 Å². The van der Waals surface area contributed by atoms with Crippen LogP contribution < -0.4 is 0 Å². The van der Waals surface area contributed by atoms with Crippen LogP contribution in [0.1, 0.15) is 36.0 Å². The fraction of sp³-hybridized carbons (Fsp3) is 0.500. The van der Waals surface area contributed by atoms with Gasteiger partial charge < -0.3 is 9.64 Å². The van der Waals surface area contributed by atoms with Crippen LogP contribution in [0, 0.1) is 0 Å². The summed E-state index contributed by atoms with van der Waals surface area (Å²) in [4.78, 5) is 36.9. The predicted octanol–water partition coefficient (Wildman–Crippen LogP) is 2.88. The fourth-order valence-corrected chi connectivity index (χ4v) is 5.82. The molecule has 1 spiro atoms. The van der Waals surface area contributed by atoms with Gasteiger partial charge in [0.2, 0.25) is 0 Å². The molecular weight excluding hydrogens is 416 g/mol. The van der Waals surface area contributed by atoms with Gasteiger partial charge in [0.15, 0.2) is 0 Å². The molecule has 0 saturated carbocycles. The second-order valence-corrected chi connectivity index (χ2v) is 9.41. The number of piperidine rings is 1. The third-order valence-corrected chi connectivity index (χ3v) is 7.67. The van der Waals surface area contributed by atoms with E-state index in [1.807, 2.05) is 12.1 Å². The van der Waals surface area contributed by atoms with Crippen LogP contribution in [-0.2, 0) is 28.9 Å². The molecule has 2 saturated heterocycles. The number of benzene rings is 1. The molecular formula is C26H32N4O3. The summed E-state index contributed by atoms with van der Waals surface area (Å²) in [5, 5.41) is 0. The molecule has 1 aliphatic carbocycles. The summed E-state index contributed by atoms with van der Waals surface area (Å²) in [6, 6.07) is 12.8. The van der Waals surface area contributed by atoms with Crippen molar-refractivity contribution in [2.24, 2.45) is 0 Å². The van der Waals surface area contributed by atoms with E-state index >= 15 is 0 Å². The summed E-state index contributed by atoms with van der Waals surface area (Å²) < 4.78 is 5.28. The summed E-state index contributed by atoms with van der Waals surface area (Å²) in [5.74, 6) is -0.0684. The van der Waals surface area contributed by atoms with Crippen molar-refractivity contribution in [2.75, 3.05) is 33.4 Å². The first kappa shape index (κ1) is 22.0. The lowest BCUT2D eigenvalue weighted by atomic mass is 9.82. The first-order valence-electron chi connectivity index (χ1n) is 11.9.